The highest BCUT2D eigenvalue weighted by Crippen LogP contribution is 2.16. The minimum Gasteiger partial charge on any atom is -0.497 e. The first-order valence-corrected chi connectivity index (χ1v) is 5.60. The van der Waals surface area contributed by atoms with Gasteiger partial charge in [-0.1, -0.05) is 13.3 Å². The summed E-state index contributed by atoms with van der Waals surface area (Å²) in [5.74, 6) is 0.853. The lowest BCUT2D eigenvalue weighted by atomic mass is 9.96. The summed E-state index contributed by atoms with van der Waals surface area (Å²) in [6.45, 7) is 3.70. The summed E-state index contributed by atoms with van der Waals surface area (Å²) in [6, 6.07) is 3.36. The van der Waals surface area contributed by atoms with Crippen molar-refractivity contribution in [2.24, 2.45) is 5.73 Å². The number of ether oxygens (including phenoxy) is 1. The summed E-state index contributed by atoms with van der Waals surface area (Å²) < 4.78 is 5.05. The van der Waals surface area contributed by atoms with Gasteiger partial charge in [-0.3, -0.25) is 4.79 Å². The van der Waals surface area contributed by atoms with Crippen LogP contribution in [0.3, 0.4) is 0 Å². The van der Waals surface area contributed by atoms with Crippen LogP contribution in [0.4, 0.5) is 5.82 Å². The minimum atomic E-state index is -0.875. The summed E-state index contributed by atoms with van der Waals surface area (Å²) in [5.41, 5.74) is 5.04. The first-order chi connectivity index (χ1) is 7.99. The molecule has 1 aromatic rings. The number of nitrogens with one attached hydrogen (secondary N) is 1. The van der Waals surface area contributed by atoms with E-state index in [1.807, 2.05) is 6.92 Å². The number of rotatable bonds is 5. The number of pyridine rings is 1. The monoisotopic (exact) mass is 273 g/mol. The van der Waals surface area contributed by atoms with E-state index in [0.717, 1.165) is 6.42 Å². The molecule has 0 bridgehead atoms. The highest BCUT2D eigenvalue weighted by atomic mass is 35.5. The smallest absolute Gasteiger partial charge is 0.245 e. The number of anilines is 1. The number of carbonyl (C=O) groups excluding carboxylic acids is 1. The molecule has 1 unspecified atom stereocenters. The molecule has 1 amide bonds. The van der Waals surface area contributed by atoms with Crippen LogP contribution in [0.15, 0.2) is 18.3 Å². The molecule has 6 heteroatoms. The van der Waals surface area contributed by atoms with Crippen LogP contribution in [0, 0.1) is 0 Å². The summed E-state index contributed by atoms with van der Waals surface area (Å²) >= 11 is 0. The molecule has 0 saturated carbocycles. The Labute approximate surface area is 114 Å². The zero-order valence-electron chi connectivity index (χ0n) is 10.9. The molecule has 0 aliphatic heterocycles. The fourth-order valence-corrected chi connectivity index (χ4v) is 1.50. The van der Waals surface area contributed by atoms with Crippen LogP contribution in [0.5, 0.6) is 5.75 Å². The maximum atomic E-state index is 11.9. The van der Waals surface area contributed by atoms with E-state index in [4.69, 9.17) is 10.5 Å². The van der Waals surface area contributed by atoms with E-state index in [1.165, 1.54) is 0 Å². The second-order valence-electron chi connectivity index (χ2n) is 4.20. The number of methoxy groups -OCH3 is 1. The largest absolute Gasteiger partial charge is 0.497 e. The van der Waals surface area contributed by atoms with Crippen molar-refractivity contribution >= 4 is 24.1 Å². The fraction of sp³-hybridized carbons (Fsp3) is 0.500. The summed E-state index contributed by atoms with van der Waals surface area (Å²) in [5, 5.41) is 2.69. The average Bonchev–Trinajstić information content (AvgIpc) is 2.29. The second-order valence-corrected chi connectivity index (χ2v) is 4.20. The van der Waals surface area contributed by atoms with Crippen molar-refractivity contribution in [3.05, 3.63) is 18.3 Å². The molecule has 0 fully saturated rings. The Bertz CT molecular complexity index is 397. The first-order valence-electron chi connectivity index (χ1n) is 5.60. The van der Waals surface area contributed by atoms with Gasteiger partial charge >= 0.3 is 0 Å². The van der Waals surface area contributed by atoms with Crippen LogP contribution in [0.1, 0.15) is 26.7 Å². The van der Waals surface area contributed by atoms with Gasteiger partial charge in [-0.15, -0.1) is 12.4 Å². The number of nitrogens with zero attached hydrogens (tertiary/aromatic N) is 1. The zero-order valence-corrected chi connectivity index (χ0v) is 11.7. The van der Waals surface area contributed by atoms with Crippen molar-refractivity contribution in [2.75, 3.05) is 12.4 Å². The Morgan fingerprint density at radius 1 is 1.61 bits per heavy atom. The lowest BCUT2D eigenvalue weighted by molar-refractivity contribution is -0.120. The third kappa shape index (κ3) is 4.50. The minimum absolute atomic E-state index is 0. The van der Waals surface area contributed by atoms with Crippen LogP contribution >= 0.6 is 12.4 Å². The van der Waals surface area contributed by atoms with Gasteiger partial charge in [0, 0.05) is 12.3 Å². The van der Waals surface area contributed by atoms with E-state index < -0.39 is 5.54 Å². The molecule has 1 heterocycles. The van der Waals surface area contributed by atoms with E-state index >= 15 is 0 Å². The van der Waals surface area contributed by atoms with Crippen LogP contribution in [0.25, 0.3) is 0 Å². The number of aromatic nitrogens is 1. The van der Waals surface area contributed by atoms with Gasteiger partial charge in [0.05, 0.1) is 12.6 Å². The van der Waals surface area contributed by atoms with Crippen molar-refractivity contribution in [1.29, 1.82) is 0 Å². The predicted octanol–water partition coefficient (Wildman–Crippen LogP) is 1.97. The van der Waals surface area contributed by atoms with Gasteiger partial charge in [-0.25, -0.2) is 4.98 Å². The molecule has 102 valence electrons. The number of halogens is 1. The molecule has 0 saturated heterocycles. The Morgan fingerprint density at radius 3 is 2.83 bits per heavy atom. The molecule has 0 aliphatic rings. The van der Waals surface area contributed by atoms with Gasteiger partial charge in [-0.2, -0.15) is 0 Å². The number of amides is 1. The van der Waals surface area contributed by atoms with Crippen molar-refractivity contribution in [3.8, 4) is 5.75 Å². The van der Waals surface area contributed by atoms with Gasteiger partial charge in [0.2, 0.25) is 5.91 Å². The maximum absolute atomic E-state index is 11.9. The van der Waals surface area contributed by atoms with Crippen LogP contribution < -0.4 is 15.8 Å². The second kappa shape index (κ2) is 7.18. The van der Waals surface area contributed by atoms with E-state index in [2.05, 4.69) is 10.3 Å². The summed E-state index contributed by atoms with van der Waals surface area (Å²) in [7, 11) is 1.56. The van der Waals surface area contributed by atoms with Crippen molar-refractivity contribution in [1.82, 2.24) is 4.98 Å². The molecule has 5 nitrogen and oxygen atoms in total. The van der Waals surface area contributed by atoms with E-state index in [0.29, 0.717) is 18.0 Å². The quantitative estimate of drug-likeness (QED) is 0.860. The Hall–Kier alpha value is -1.33. The molecule has 0 aliphatic carbocycles. The number of carbonyl (C=O) groups is 1. The zero-order chi connectivity index (χ0) is 12.9. The Balaban J connectivity index is 0.00000289. The average molecular weight is 274 g/mol. The molecule has 18 heavy (non-hydrogen) atoms. The summed E-state index contributed by atoms with van der Waals surface area (Å²) in [4.78, 5) is 15.9. The standard InChI is InChI=1S/C12H19N3O2.ClH/c1-4-6-12(2,13)11(16)15-10-8-9(17-3)5-7-14-10;/h5,7-8H,4,6,13H2,1-3H3,(H,14,15,16);1H. The van der Waals surface area contributed by atoms with Crippen LogP contribution in [-0.4, -0.2) is 23.5 Å². The maximum Gasteiger partial charge on any atom is 0.245 e. The van der Waals surface area contributed by atoms with Gasteiger partial charge in [-0.05, 0) is 19.4 Å². The molecular weight excluding hydrogens is 254 g/mol. The van der Waals surface area contributed by atoms with Crippen LogP contribution in [-0.2, 0) is 4.79 Å². The number of hydrogen-bond acceptors (Lipinski definition) is 4. The van der Waals surface area contributed by atoms with Gasteiger partial charge in [0.1, 0.15) is 11.6 Å². The van der Waals surface area contributed by atoms with Crippen molar-refractivity contribution in [2.45, 2.75) is 32.2 Å². The SMILES string of the molecule is CCCC(C)(N)C(=O)Nc1cc(OC)ccn1.Cl. The molecule has 1 aromatic heterocycles. The predicted molar refractivity (Wildman–Crippen MR) is 74.2 cm³/mol. The third-order valence-corrected chi connectivity index (χ3v) is 2.50. The molecule has 0 aromatic carbocycles. The Kier molecular flexibility index (Phi) is 6.65. The third-order valence-electron chi connectivity index (χ3n) is 2.50. The molecule has 0 radical (unpaired) electrons. The van der Waals surface area contributed by atoms with Gasteiger partial charge in [0.15, 0.2) is 0 Å². The fourth-order valence-electron chi connectivity index (χ4n) is 1.50. The number of hydrogen-bond donors (Lipinski definition) is 2. The molecule has 1 rings (SSSR count). The van der Waals surface area contributed by atoms with Gasteiger partial charge in [0.25, 0.3) is 0 Å². The molecule has 3 N–H and O–H groups in total. The topological polar surface area (TPSA) is 77.2 Å². The highest BCUT2D eigenvalue weighted by molar-refractivity contribution is 5.97. The summed E-state index contributed by atoms with van der Waals surface area (Å²) in [6.07, 6.45) is 3.05. The first kappa shape index (κ1) is 16.7. The lowest BCUT2D eigenvalue weighted by Crippen LogP contribution is -2.48. The normalized spacial score (nSPS) is 13.1. The van der Waals surface area contributed by atoms with Crippen molar-refractivity contribution in [3.63, 3.8) is 0 Å². The molecule has 0 spiro atoms. The highest BCUT2D eigenvalue weighted by Gasteiger charge is 2.27. The van der Waals surface area contributed by atoms with E-state index in [9.17, 15) is 4.79 Å². The number of nitrogens with two attached hydrogens (primary N) is 1. The van der Waals surface area contributed by atoms with E-state index in [-0.39, 0.29) is 18.3 Å². The van der Waals surface area contributed by atoms with Crippen molar-refractivity contribution < 1.29 is 9.53 Å². The molecule has 1 atom stereocenters. The Morgan fingerprint density at radius 2 is 2.28 bits per heavy atom. The lowest BCUT2D eigenvalue weighted by Gasteiger charge is -2.22. The van der Waals surface area contributed by atoms with Gasteiger partial charge < -0.3 is 15.8 Å². The van der Waals surface area contributed by atoms with Crippen LogP contribution in [0.2, 0.25) is 0 Å². The molecular formula is C12H20ClN3O2. The van der Waals surface area contributed by atoms with E-state index in [1.54, 1.807) is 32.4 Å².